The summed E-state index contributed by atoms with van der Waals surface area (Å²) >= 11 is 0. The number of fused-ring (bicyclic) bond motifs is 1. The minimum absolute atomic E-state index is 0.0418. The lowest BCUT2D eigenvalue weighted by molar-refractivity contribution is -0.0952. The lowest BCUT2D eigenvalue weighted by Crippen LogP contribution is -2.54. The van der Waals surface area contributed by atoms with Crippen molar-refractivity contribution in [1.29, 1.82) is 0 Å². The molecule has 0 radical (unpaired) electrons. The number of hydrogen-bond acceptors (Lipinski definition) is 3. The van der Waals surface area contributed by atoms with E-state index in [9.17, 15) is 5.11 Å². The Morgan fingerprint density at radius 3 is 2.76 bits per heavy atom. The second kappa shape index (κ2) is 5.25. The van der Waals surface area contributed by atoms with Crippen molar-refractivity contribution < 1.29 is 9.84 Å². The zero-order valence-corrected chi connectivity index (χ0v) is 10.7. The summed E-state index contributed by atoms with van der Waals surface area (Å²) in [6, 6.07) is 0.644. The first-order valence-corrected chi connectivity index (χ1v) is 7.38. The molecule has 1 N–H and O–H groups in total. The smallest absolute Gasteiger partial charge is 0.0730 e. The van der Waals surface area contributed by atoms with Gasteiger partial charge in [-0.25, -0.2) is 0 Å². The van der Waals surface area contributed by atoms with Crippen LogP contribution in [-0.4, -0.2) is 48.0 Å². The first-order chi connectivity index (χ1) is 8.34. The van der Waals surface area contributed by atoms with Crippen LogP contribution in [0.4, 0.5) is 0 Å². The van der Waals surface area contributed by atoms with Crippen molar-refractivity contribution in [3.8, 4) is 0 Å². The third-order valence-corrected chi connectivity index (χ3v) is 4.94. The summed E-state index contributed by atoms with van der Waals surface area (Å²) in [4.78, 5) is 2.62. The predicted molar refractivity (Wildman–Crippen MR) is 66.9 cm³/mol. The van der Waals surface area contributed by atoms with E-state index >= 15 is 0 Å². The highest BCUT2D eigenvalue weighted by atomic mass is 16.5. The molecule has 2 saturated carbocycles. The zero-order valence-electron chi connectivity index (χ0n) is 10.7. The van der Waals surface area contributed by atoms with E-state index in [1.165, 1.54) is 38.5 Å². The van der Waals surface area contributed by atoms with Crippen LogP contribution >= 0.6 is 0 Å². The van der Waals surface area contributed by atoms with Gasteiger partial charge in [0.25, 0.3) is 0 Å². The van der Waals surface area contributed by atoms with Crippen LogP contribution in [0.15, 0.2) is 0 Å². The summed E-state index contributed by atoms with van der Waals surface area (Å²) in [7, 11) is 0. The fourth-order valence-electron chi connectivity index (χ4n) is 3.93. The Kier molecular flexibility index (Phi) is 3.69. The molecule has 2 aliphatic carbocycles. The van der Waals surface area contributed by atoms with Crippen molar-refractivity contribution >= 4 is 0 Å². The maximum absolute atomic E-state index is 9.96. The van der Waals surface area contributed by atoms with Crippen molar-refractivity contribution in [1.82, 2.24) is 4.90 Å². The highest BCUT2D eigenvalue weighted by molar-refractivity contribution is 4.90. The average Bonchev–Trinajstić information content (AvgIpc) is 2.76. The highest BCUT2D eigenvalue weighted by Gasteiger charge is 2.36. The second-order valence-corrected chi connectivity index (χ2v) is 6.01. The number of ether oxygens (including phenoxy) is 1. The van der Waals surface area contributed by atoms with E-state index in [2.05, 4.69) is 4.90 Å². The van der Waals surface area contributed by atoms with Gasteiger partial charge in [0.05, 0.1) is 18.8 Å². The van der Waals surface area contributed by atoms with Gasteiger partial charge in [-0.1, -0.05) is 19.3 Å². The number of aliphatic hydroxyl groups excluding tert-OH is 1. The van der Waals surface area contributed by atoms with Crippen molar-refractivity contribution in [2.45, 2.75) is 63.2 Å². The Labute approximate surface area is 104 Å². The van der Waals surface area contributed by atoms with Crippen LogP contribution in [0.5, 0.6) is 0 Å². The first kappa shape index (κ1) is 11.9. The number of hydrogen-bond donors (Lipinski definition) is 1. The molecule has 0 bridgehead atoms. The topological polar surface area (TPSA) is 32.7 Å². The molecule has 17 heavy (non-hydrogen) atoms. The van der Waals surface area contributed by atoms with E-state index in [0.29, 0.717) is 18.1 Å². The van der Waals surface area contributed by atoms with Gasteiger partial charge in [0.2, 0.25) is 0 Å². The van der Waals surface area contributed by atoms with Crippen molar-refractivity contribution in [3.05, 3.63) is 0 Å². The Morgan fingerprint density at radius 2 is 1.94 bits per heavy atom. The van der Waals surface area contributed by atoms with E-state index in [-0.39, 0.29) is 6.10 Å². The Morgan fingerprint density at radius 1 is 1.06 bits per heavy atom. The molecule has 98 valence electrons. The van der Waals surface area contributed by atoms with Gasteiger partial charge in [-0.15, -0.1) is 0 Å². The summed E-state index contributed by atoms with van der Waals surface area (Å²) in [5, 5.41) is 9.96. The highest BCUT2D eigenvalue weighted by Crippen LogP contribution is 2.32. The summed E-state index contributed by atoms with van der Waals surface area (Å²) < 4.78 is 5.90. The van der Waals surface area contributed by atoms with E-state index in [1.807, 2.05) is 0 Å². The Hall–Kier alpha value is -0.120. The molecule has 1 saturated heterocycles. The van der Waals surface area contributed by atoms with Crippen molar-refractivity contribution in [2.24, 2.45) is 5.92 Å². The fourth-order valence-corrected chi connectivity index (χ4v) is 3.93. The van der Waals surface area contributed by atoms with Crippen molar-refractivity contribution in [2.75, 3.05) is 19.7 Å². The van der Waals surface area contributed by atoms with Gasteiger partial charge in [-0.3, -0.25) is 4.90 Å². The standard InChI is InChI=1S/C14H25NO2/c16-13-6-3-4-11(13)10-15-8-9-17-14-7-2-1-5-12(14)15/h11-14,16H,1-10H2. The largest absolute Gasteiger partial charge is 0.393 e. The number of nitrogens with zero attached hydrogens (tertiary/aromatic N) is 1. The summed E-state index contributed by atoms with van der Waals surface area (Å²) in [6.07, 6.45) is 9.12. The number of morpholine rings is 1. The number of aliphatic hydroxyl groups is 1. The maximum atomic E-state index is 9.96. The van der Waals surface area contributed by atoms with Crippen LogP contribution < -0.4 is 0 Å². The Bertz CT molecular complexity index is 257. The first-order valence-electron chi connectivity index (χ1n) is 7.38. The lowest BCUT2D eigenvalue weighted by atomic mass is 9.89. The third kappa shape index (κ3) is 2.51. The molecule has 3 fully saturated rings. The third-order valence-electron chi connectivity index (χ3n) is 4.94. The van der Waals surface area contributed by atoms with E-state index in [1.54, 1.807) is 0 Å². The predicted octanol–water partition coefficient (Wildman–Crippen LogP) is 1.79. The fraction of sp³-hybridized carbons (Fsp3) is 1.00. The molecule has 0 aromatic rings. The molecule has 1 heterocycles. The normalized spacial score (nSPS) is 43.6. The maximum Gasteiger partial charge on any atom is 0.0730 e. The molecule has 4 atom stereocenters. The molecule has 0 spiro atoms. The monoisotopic (exact) mass is 239 g/mol. The SMILES string of the molecule is OC1CCCC1CN1CCOC2CCCCC21. The molecule has 3 nitrogen and oxygen atoms in total. The Balaban J connectivity index is 1.61. The molecule has 0 amide bonds. The average molecular weight is 239 g/mol. The molecule has 1 aliphatic heterocycles. The summed E-state index contributed by atoms with van der Waals surface area (Å²) in [5.41, 5.74) is 0. The summed E-state index contributed by atoms with van der Waals surface area (Å²) in [6.45, 7) is 3.07. The minimum atomic E-state index is -0.0418. The molecular formula is C14H25NO2. The zero-order chi connectivity index (χ0) is 11.7. The van der Waals surface area contributed by atoms with Crippen molar-refractivity contribution in [3.63, 3.8) is 0 Å². The molecule has 0 aromatic carbocycles. The van der Waals surface area contributed by atoms with Gasteiger partial charge in [-0.05, 0) is 31.6 Å². The molecule has 0 aromatic heterocycles. The lowest BCUT2D eigenvalue weighted by Gasteiger charge is -2.45. The van der Waals surface area contributed by atoms with Gasteiger partial charge in [0.1, 0.15) is 0 Å². The van der Waals surface area contributed by atoms with E-state index < -0.39 is 0 Å². The van der Waals surface area contributed by atoms with E-state index in [4.69, 9.17) is 4.74 Å². The van der Waals surface area contributed by atoms with Gasteiger partial charge < -0.3 is 9.84 Å². The molecule has 3 aliphatic rings. The van der Waals surface area contributed by atoms with Gasteiger partial charge in [-0.2, -0.15) is 0 Å². The van der Waals surface area contributed by atoms with E-state index in [0.717, 1.165) is 26.1 Å². The number of rotatable bonds is 2. The van der Waals surface area contributed by atoms with Gasteiger partial charge >= 0.3 is 0 Å². The van der Waals surface area contributed by atoms with Crippen LogP contribution in [0.2, 0.25) is 0 Å². The summed E-state index contributed by atoms with van der Waals surface area (Å²) in [5.74, 6) is 0.524. The second-order valence-electron chi connectivity index (χ2n) is 6.01. The van der Waals surface area contributed by atoms with Crippen LogP contribution in [0.25, 0.3) is 0 Å². The van der Waals surface area contributed by atoms with Gasteiger partial charge in [0.15, 0.2) is 0 Å². The quantitative estimate of drug-likeness (QED) is 0.797. The molecule has 3 heteroatoms. The van der Waals surface area contributed by atoms with Crippen LogP contribution in [0.1, 0.15) is 44.9 Å². The van der Waals surface area contributed by atoms with Crippen LogP contribution in [0, 0.1) is 5.92 Å². The molecule has 3 rings (SSSR count). The molecular weight excluding hydrogens is 214 g/mol. The van der Waals surface area contributed by atoms with Gasteiger partial charge in [0, 0.05) is 19.1 Å². The molecule has 4 unspecified atom stereocenters. The minimum Gasteiger partial charge on any atom is -0.393 e. The van der Waals surface area contributed by atoms with Crippen LogP contribution in [0.3, 0.4) is 0 Å². The van der Waals surface area contributed by atoms with Crippen LogP contribution in [-0.2, 0) is 4.74 Å².